The van der Waals surface area contributed by atoms with Crippen LogP contribution in [0.4, 0.5) is 0 Å². The molecule has 0 bridgehead atoms. The quantitative estimate of drug-likeness (QED) is 0.785. The molecular formula is C21H22N2O4. The van der Waals surface area contributed by atoms with Crippen LogP contribution in [0.1, 0.15) is 24.0 Å². The highest BCUT2D eigenvalue weighted by molar-refractivity contribution is 5.97. The topological polar surface area (TPSA) is 86.7 Å². The molecule has 140 valence electrons. The fourth-order valence-electron chi connectivity index (χ4n) is 3.30. The molecular weight excluding hydrogens is 344 g/mol. The lowest BCUT2D eigenvalue weighted by atomic mass is 9.97. The Morgan fingerprint density at radius 3 is 2.15 bits per heavy atom. The van der Waals surface area contributed by atoms with Crippen molar-refractivity contribution in [2.24, 2.45) is 0 Å². The summed E-state index contributed by atoms with van der Waals surface area (Å²) in [5, 5.41) is 11.6. The summed E-state index contributed by atoms with van der Waals surface area (Å²) in [6, 6.07) is 17.6. The van der Waals surface area contributed by atoms with Gasteiger partial charge in [0.05, 0.1) is 0 Å². The fraction of sp³-hybridized carbons (Fsp3) is 0.286. The van der Waals surface area contributed by atoms with E-state index in [9.17, 15) is 14.4 Å². The molecule has 1 heterocycles. The summed E-state index contributed by atoms with van der Waals surface area (Å²) in [4.78, 5) is 38.2. The third-order valence-electron chi connectivity index (χ3n) is 4.69. The molecule has 6 nitrogen and oxygen atoms in total. The van der Waals surface area contributed by atoms with Crippen LogP contribution in [0.5, 0.6) is 0 Å². The Morgan fingerprint density at radius 2 is 1.56 bits per heavy atom. The summed E-state index contributed by atoms with van der Waals surface area (Å²) < 4.78 is 0. The number of hydrogen-bond acceptors (Lipinski definition) is 3. The van der Waals surface area contributed by atoms with Gasteiger partial charge in [0.25, 0.3) is 0 Å². The maximum absolute atomic E-state index is 13.0. The number of aliphatic carboxylic acids is 1. The van der Waals surface area contributed by atoms with E-state index in [1.54, 1.807) is 4.90 Å². The minimum Gasteiger partial charge on any atom is -0.481 e. The van der Waals surface area contributed by atoms with Gasteiger partial charge in [0.15, 0.2) is 0 Å². The van der Waals surface area contributed by atoms with Crippen molar-refractivity contribution in [3.8, 4) is 0 Å². The fourth-order valence-corrected chi connectivity index (χ4v) is 3.30. The number of nitrogens with zero attached hydrogens (tertiary/aromatic N) is 1. The zero-order chi connectivity index (χ0) is 19.2. The van der Waals surface area contributed by atoms with Crippen molar-refractivity contribution >= 4 is 17.8 Å². The van der Waals surface area contributed by atoms with Gasteiger partial charge in [-0.25, -0.2) is 0 Å². The number of carbonyl (C=O) groups is 3. The second-order valence-corrected chi connectivity index (χ2v) is 6.65. The van der Waals surface area contributed by atoms with Crippen LogP contribution in [-0.4, -0.2) is 39.9 Å². The number of carboxylic acid groups (broad SMARTS) is 1. The smallest absolute Gasteiger partial charge is 0.303 e. The standard InChI is InChI=1S/C21H22N2O4/c24-19(25)12-11-17-21(27)23(14-16-9-5-2-6-10-16)18(20(26)22-17)13-15-7-3-1-4-8-15/h1-10,17-18H,11-14H2,(H,22,26)(H,24,25). The molecule has 1 saturated heterocycles. The molecule has 2 atom stereocenters. The molecule has 1 aliphatic rings. The number of amides is 2. The second-order valence-electron chi connectivity index (χ2n) is 6.65. The summed E-state index contributed by atoms with van der Waals surface area (Å²) in [6.07, 6.45) is 0.333. The maximum atomic E-state index is 13.0. The lowest BCUT2D eigenvalue weighted by molar-refractivity contribution is -0.150. The summed E-state index contributed by atoms with van der Waals surface area (Å²) in [6.45, 7) is 0.314. The largest absolute Gasteiger partial charge is 0.481 e. The van der Waals surface area contributed by atoms with Gasteiger partial charge in [-0.2, -0.15) is 0 Å². The minimum absolute atomic E-state index is 0.0866. The number of carboxylic acids is 1. The molecule has 1 fully saturated rings. The predicted molar refractivity (Wildman–Crippen MR) is 99.7 cm³/mol. The molecule has 0 aliphatic carbocycles. The van der Waals surface area contributed by atoms with Crippen molar-refractivity contribution in [1.29, 1.82) is 0 Å². The molecule has 2 unspecified atom stereocenters. The summed E-state index contributed by atoms with van der Waals surface area (Å²) in [5.41, 5.74) is 1.89. The highest BCUT2D eigenvalue weighted by Crippen LogP contribution is 2.20. The molecule has 0 spiro atoms. The van der Waals surface area contributed by atoms with Crippen LogP contribution in [0.3, 0.4) is 0 Å². The van der Waals surface area contributed by atoms with Gasteiger partial charge in [0, 0.05) is 19.4 Å². The zero-order valence-corrected chi connectivity index (χ0v) is 14.9. The van der Waals surface area contributed by atoms with E-state index in [1.807, 2.05) is 60.7 Å². The number of rotatable bonds is 7. The van der Waals surface area contributed by atoms with E-state index in [0.717, 1.165) is 11.1 Å². The van der Waals surface area contributed by atoms with Gasteiger partial charge >= 0.3 is 5.97 Å². The van der Waals surface area contributed by atoms with Gasteiger partial charge < -0.3 is 15.3 Å². The summed E-state index contributed by atoms with van der Waals surface area (Å²) in [5.74, 6) is -1.47. The molecule has 0 saturated carbocycles. The third kappa shape index (κ3) is 4.73. The Hall–Kier alpha value is -3.15. The van der Waals surface area contributed by atoms with E-state index in [-0.39, 0.29) is 24.7 Å². The van der Waals surface area contributed by atoms with E-state index in [2.05, 4.69) is 5.32 Å². The average molecular weight is 366 g/mol. The van der Waals surface area contributed by atoms with E-state index >= 15 is 0 Å². The van der Waals surface area contributed by atoms with Gasteiger partial charge in [0.2, 0.25) is 11.8 Å². The maximum Gasteiger partial charge on any atom is 0.303 e. The van der Waals surface area contributed by atoms with Crippen molar-refractivity contribution in [2.75, 3.05) is 0 Å². The molecule has 0 aromatic heterocycles. The Bertz CT molecular complexity index is 807. The molecule has 2 aromatic carbocycles. The number of benzene rings is 2. The number of piperazine rings is 1. The monoisotopic (exact) mass is 366 g/mol. The molecule has 2 aromatic rings. The number of hydrogen-bond donors (Lipinski definition) is 2. The highest BCUT2D eigenvalue weighted by atomic mass is 16.4. The van der Waals surface area contributed by atoms with Crippen LogP contribution in [0.2, 0.25) is 0 Å². The van der Waals surface area contributed by atoms with Crippen LogP contribution < -0.4 is 5.32 Å². The third-order valence-corrected chi connectivity index (χ3v) is 4.69. The van der Waals surface area contributed by atoms with Gasteiger partial charge in [0.1, 0.15) is 12.1 Å². The Kier molecular flexibility index (Phi) is 5.86. The van der Waals surface area contributed by atoms with Crippen LogP contribution in [0.15, 0.2) is 60.7 Å². The molecule has 27 heavy (non-hydrogen) atoms. The predicted octanol–water partition coefficient (Wildman–Crippen LogP) is 1.99. The van der Waals surface area contributed by atoms with E-state index in [1.165, 1.54) is 0 Å². The van der Waals surface area contributed by atoms with Gasteiger partial charge in [-0.1, -0.05) is 60.7 Å². The first-order valence-electron chi connectivity index (χ1n) is 8.95. The molecule has 3 rings (SSSR count). The van der Waals surface area contributed by atoms with Gasteiger partial charge in [-0.15, -0.1) is 0 Å². The van der Waals surface area contributed by atoms with Crippen LogP contribution in [0, 0.1) is 0 Å². The van der Waals surface area contributed by atoms with Crippen molar-refractivity contribution in [3.63, 3.8) is 0 Å². The van der Waals surface area contributed by atoms with Crippen molar-refractivity contribution in [3.05, 3.63) is 71.8 Å². The van der Waals surface area contributed by atoms with Crippen LogP contribution in [0.25, 0.3) is 0 Å². The first-order valence-corrected chi connectivity index (χ1v) is 8.95. The van der Waals surface area contributed by atoms with Crippen molar-refractivity contribution < 1.29 is 19.5 Å². The Balaban J connectivity index is 1.84. The van der Waals surface area contributed by atoms with Crippen molar-refractivity contribution in [2.45, 2.75) is 37.9 Å². The van der Waals surface area contributed by atoms with E-state index in [0.29, 0.717) is 13.0 Å². The normalized spacial score (nSPS) is 19.6. The Labute approximate surface area is 157 Å². The van der Waals surface area contributed by atoms with Gasteiger partial charge in [-0.05, 0) is 17.5 Å². The van der Waals surface area contributed by atoms with E-state index in [4.69, 9.17) is 5.11 Å². The summed E-state index contributed by atoms with van der Waals surface area (Å²) >= 11 is 0. The lowest BCUT2D eigenvalue weighted by Gasteiger charge is -2.39. The minimum atomic E-state index is -0.988. The molecule has 2 N–H and O–H groups in total. The summed E-state index contributed by atoms with van der Waals surface area (Å²) in [7, 11) is 0. The first-order chi connectivity index (χ1) is 13.0. The molecule has 1 aliphatic heterocycles. The molecule has 6 heteroatoms. The zero-order valence-electron chi connectivity index (χ0n) is 14.9. The van der Waals surface area contributed by atoms with Crippen molar-refractivity contribution in [1.82, 2.24) is 10.2 Å². The Morgan fingerprint density at radius 1 is 0.963 bits per heavy atom. The highest BCUT2D eigenvalue weighted by Gasteiger charge is 2.40. The molecule has 2 amide bonds. The second kappa shape index (κ2) is 8.49. The lowest BCUT2D eigenvalue weighted by Crippen LogP contribution is -2.63. The SMILES string of the molecule is O=C(O)CCC1NC(=O)C(Cc2ccccc2)N(Cc2ccccc2)C1=O. The average Bonchev–Trinajstić information content (AvgIpc) is 2.67. The van der Waals surface area contributed by atoms with E-state index < -0.39 is 18.1 Å². The van der Waals surface area contributed by atoms with Crippen LogP contribution in [-0.2, 0) is 27.3 Å². The molecule has 0 radical (unpaired) electrons. The van der Waals surface area contributed by atoms with Crippen LogP contribution >= 0.6 is 0 Å². The number of nitrogens with one attached hydrogen (secondary N) is 1. The number of carbonyl (C=O) groups excluding carboxylic acids is 2. The van der Waals surface area contributed by atoms with Gasteiger partial charge in [-0.3, -0.25) is 14.4 Å². The first kappa shape index (κ1) is 18.6.